The van der Waals surface area contributed by atoms with Crippen molar-refractivity contribution in [1.82, 2.24) is 10.2 Å². The second kappa shape index (κ2) is 7.26. The number of carboxylic acid groups (broad SMARTS) is 1. The second-order valence-corrected chi connectivity index (χ2v) is 9.00. The maximum absolute atomic E-state index is 11.5. The zero-order valence-electron chi connectivity index (χ0n) is 15.9. The minimum atomic E-state index is -0.618. The van der Waals surface area contributed by atoms with Crippen LogP contribution in [0.2, 0.25) is 0 Å². The molecule has 1 aromatic rings. The molecule has 1 aliphatic heterocycles. The molecule has 2 saturated carbocycles. The molecule has 144 valence electrons. The van der Waals surface area contributed by atoms with Gasteiger partial charge in [0.1, 0.15) is 0 Å². The number of carboxylic acids is 1. The van der Waals surface area contributed by atoms with Gasteiger partial charge in [-0.2, -0.15) is 5.26 Å². The average molecular weight is 367 g/mol. The van der Waals surface area contributed by atoms with Crippen molar-refractivity contribution < 1.29 is 9.90 Å². The van der Waals surface area contributed by atoms with Crippen molar-refractivity contribution in [3.63, 3.8) is 0 Å². The molecular weight excluding hydrogens is 338 g/mol. The van der Waals surface area contributed by atoms with E-state index in [1.165, 1.54) is 18.4 Å². The summed E-state index contributed by atoms with van der Waals surface area (Å²) < 4.78 is 0. The zero-order chi connectivity index (χ0) is 18.9. The van der Waals surface area contributed by atoms with Crippen molar-refractivity contribution in [2.24, 2.45) is 10.8 Å². The number of nitriles is 1. The monoisotopic (exact) mass is 367 g/mol. The Morgan fingerprint density at radius 1 is 1.19 bits per heavy atom. The number of hydrogen-bond donors (Lipinski definition) is 2. The maximum atomic E-state index is 11.5. The Kier molecular flexibility index (Phi) is 4.96. The standard InChI is InChI=1S/C22H29N3O2/c23-14-18-3-1-17(2-4-18)13-21(15-24-19-5-6-19)9-11-25(12-10-21)16-22(7-8-22)20(26)27/h1-4,19,24H,5-13,15-16H2,(H,26,27). The fourth-order valence-corrected chi connectivity index (χ4v) is 4.40. The van der Waals surface area contributed by atoms with Gasteiger partial charge in [0.2, 0.25) is 0 Å². The minimum Gasteiger partial charge on any atom is -0.481 e. The molecule has 0 bridgehead atoms. The summed E-state index contributed by atoms with van der Waals surface area (Å²) in [7, 11) is 0. The lowest BCUT2D eigenvalue weighted by atomic mass is 9.73. The number of benzene rings is 1. The Morgan fingerprint density at radius 2 is 1.85 bits per heavy atom. The summed E-state index contributed by atoms with van der Waals surface area (Å²) in [6.07, 6.45) is 7.47. The van der Waals surface area contributed by atoms with Gasteiger partial charge in [0.15, 0.2) is 0 Å². The molecule has 4 rings (SSSR count). The molecule has 0 spiro atoms. The first-order chi connectivity index (χ1) is 13.0. The topological polar surface area (TPSA) is 76.4 Å². The molecule has 0 amide bonds. The van der Waals surface area contributed by atoms with Crippen LogP contribution in [0.3, 0.4) is 0 Å². The summed E-state index contributed by atoms with van der Waals surface area (Å²) in [5.41, 5.74) is 1.78. The van der Waals surface area contributed by atoms with Crippen LogP contribution in [0.15, 0.2) is 24.3 Å². The van der Waals surface area contributed by atoms with Gasteiger partial charge < -0.3 is 15.3 Å². The van der Waals surface area contributed by atoms with Crippen LogP contribution in [0.25, 0.3) is 0 Å². The van der Waals surface area contributed by atoms with Crippen molar-refractivity contribution in [1.29, 1.82) is 5.26 Å². The first-order valence-electron chi connectivity index (χ1n) is 10.2. The van der Waals surface area contributed by atoms with Crippen molar-refractivity contribution in [3.05, 3.63) is 35.4 Å². The highest BCUT2D eigenvalue weighted by atomic mass is 16.4. The van der Waals surface area contributed by atoms with Crippen LogP contribution in [-0.2, 0) is 11.2 Å². The summed E-state index contributed by atoms with van der Waals surface area (Å²) in [6, 6.07) is 10.9. The van der Waals surface area contributed by atoms with Gasteiger partial charge in [0.25, 0.3) is 0 Å². The maximum Gasteiger partial charge on any atom is 0.310 e. The first kappa shape index (κ1) is 18.5. The van der Waals surface area contributed by atoms with Gasteiger partial charge in [0, 0.05) is 19.1 Å². The van der Waals surface area contributed by atoms with E-state index in [0.717, 1.165) is 51.7 Å². The molecule has 5 nitrogen and oxygen atoms in total. The number of nitrogens with zero attached hydrogens (tertiary/aromatic N) is 2. The van der Waals surface area contributed by atoms with E-state index in [1.54, 1.807) is 0 Å². The fraction of sp³-hybridized carbons (Fsp3) is 0.636. The summed E-state index contributed by atoms with van der Waals surface area (Å²) in [6.45, 7) is 3.72. The van der Waals surface area contributed by atoms with Gasteiger partial charge in [-0.15, -0.1) is 0 Å². The molecule has 1 heterocycles. The predicted molar refractivity (Wildman–Crippen MR) is 103 cm³/mol. The molecule has 1 aromatic carbocycles. The van der Waals surface area contributed by atoms with Crippen LogP contribution in [0.1, 0.15) is 49.7 Å². The summed E-state index contributed by atoms with van der Waals surface area (Å²) in [4.78, 5) is 13.9. The lowest BCUT2D eigenvalue weighted by molar-refractivity contribution is -0.144. The summed E-state index contributed by atoms with van der Waals surface area (Å²) >= 11 is 0. The van der Waals surface area contributed by atoms with Crippen molar-refractivity contribution in [2.45, 2.75) is 51.0 Å². The van der Waals surface area contributed by atoms with Crippen LogP contribution in [0.5, 0.6) is 0 Å². The number of hydrogen-bond acceptors (Lipinski definition) is 4. The smallest absolute Gasteiger partial charge is 0.310 e. The molecule has 0 radical (unpaired) electrons. The third-order valence-corrected chi connectivity index (χ3v) is 6.76. The van der Waals surface area contributed by atoms with E-state index in [4.69, 9.17) is 5.26 Å². The molecule has 5 heteroatoms. The van der Waals surface area contributed by atoms with E-state index < -0.39 is 11.4 Å². The number of likely N-dealkylation sites (tertiary alicyclic amines) is 1. The molecule has 0 unspecified atom stereocenters. The fourth-order valence-electron chi connectivity index (χ4n) is 4.40. The largest absolute Gasteiger partial charge is 0.481 e. The number of aliphatic carboxylic acids is 1. The van der Waals surface area contributed by atoms with Crippen LogP contribution >= 0.6 is 0 Å². The lowest BCUT2D eigenvalue weighted by Crippen LogP contribution is -2.48. The highest BCUT2D eigenvalue weighted by Gasteiger charge is 2.51. The minimum absolute atomic E-state index is 0.229. The molecule has 2 N–H and O–H groups in total. The highest BCUT2D eigenvalue weighted by Crippen LogP contribution is 2.47. The van der Waals surface area contributed by atoms with E-state index in [1.807, 2.05) is 12.1 Å². The lowest BCUT2D eigenvalue weighted by Gasteiger charge is -2.43. The molecule has 0 atom stereocenters. The van der Waals surface area contributed by atoms with E-state index in [9.17, 15) is 9.90 Å². The Bertz CT molecular complexity index is 721. The van der Waals surface area contributed by atoms with Crippen LogP contribution in [0.4, 0.5) is 0 Å². The summed E-state index contributed by atoms with van der Waals surface area (Å²) in [5, 5.41) is 22.2. The third kappa shape index (κ3) is 4.34. The number of carbonyl (C=O) groups is 1. The van der Waals surface area contributed by atoms with E-state index >= 15 is 0 Å². The first-order valence-corrected chi connectivity index (χ1v) is 10.2. The van der Waals surface area contributed by atoms with E-state index in [2.05, 4.69) is 28.4 Å². The number of rotatable bonds is 8. The normalized spacial score (nSPS) is 23.5. The van der Waals surface area contributed by atoms with E-state index in [0.29, 0.717) is 18.2 Å². The van der Waals surface area contributed by atoms with Crippen molar-refractivity contribution in [2.75, 3.05) is 26.2 Å². The van der Waals surface area contributed by atoms with Gasteiger partial charge in [-0.3, -0.25) is 4.79 Å². The number of piperidine rings is 1. The van der Waals surface area contributed by atoms with Crippen LogP contribution < -0.4 is 5.32 Å². The number of nitrogens with one attached hydrogen (secondary N) is 1. The zero-order valence-corrected chi connectivity index (χ0v) is 15.9. The van der Waals surface area contributed by atoms with Gasteiger partial charge in [-0.05, 0) is 81.1 Å². The van der Waals surface area contributed by atoms with Crippen LogP contribution in [0, 0.1) is 22.2 Å². The molecule has 27 heavy (non-hydrogen) atoms. The Morgan fingerprint density at radius 3 is 2.37 bits per heavy atom. The molecular formula is C22H29N3O2. The average Bonchev–Trinajstić information content (AvgIpc) is 3.59. The molecule has 1 saturated heterocycles. The Hall–Kier alpha value is -1.90. The van der Waals surface area contributed by atoms with E-state index in [-0.39, 0.29) is 5.41 Å². The SMILES string of the molecule is N#Cc1ccc(CC2(CNC3CC3)CCN(CC3(C(=O)O)CC3)CC2)cc1. The molecule has 0 aromatic heterocycles. The Labute approximate surface area is 161 Å². The predicted octanol–water partition coefficient (Wildman–Crippen LogP) is 2.80. The van der Waals surface area contributed by atoms with Gasteiger partial charge >= 0.3 is 5.97 Å². The Balaban J connectivity index is 1.40. The second-order valence-electron chi connectivity index (χ2n) is 9.00. The third-order valence-electron chi connectivity index (χ3n) is 6.76. The molecule has 2 aliphatic carbocycles. The van der Waals surface area contributed by atoms with Gasteiger partial charge in [0.05, 0.1) is 17.0 Å². The molecule has 3 fully saturated rings. The molecule has 3 aliphatic rings. The van der Waals surface area contributed by atoms with Crippen molar-refractivity contribution in [3.8, 4) is 6.07 Å². The van der Waals surface area contributed by atoms with Gasteiger partial charge in [-0.1, -0.05) is 12.1 Å². The summed E-state index contributed by atoms with van der Waals surface area (Å²) in [5.74, 6) is -0.618. The van der Waals surface area contributed by atoms with Gasteiger partial charge in [-0.25, -0.2) is 0 Å². The highest BCUT2D eigenvalue weighted by molar-refractivity contribution is 5.78. The quantitative estimate of drug-likeness (QED) is 0.739. The van der Waals surface area contributed by atoms with Crippen molar-refractivity contribution >= 4 is 5.97 Å². The van der Waals surface area contributed by atoms with Crippen LogP contribution in [-0.4, -0.2) is 48.2 Å².